The van der Waals surface area contributed by atoms with E-state index in [1.54, 1.807) is 0 Å². The van der Waals surface area contributed by atoms with E-state index in [9.17, 15) is 0 Å². The summed E-state index contributed by atoms with van der Waals surface area (Å²) in [6.45, 7) is 3.00. The maximum atomic E-state index is 5.05. The van der Waals surface area contributed by atoms with Crippen molar-refractivity contribution in [2.75, 3.05) is 6.54 Å². The number of thiocarbonyl (C=S) groups is 1. The summed E-state index contributed by atoms with van der Waals surface area (Å²) in [4.78, 5) is 0. The van der Waals surface area contributed by atoms with E-state index in [1.165, 1.54) is 5.56 Å². The summed E-state index contributed by atoms with van der Waals surface area (Å²) < 4.78 is 0. The number of hydrogen-bond donors (Lipinski definition) is 2. The van der Waals surface area contributed by atoms with Crippen LogP contribution in [0, 0.1) is 0 Å². The van der Waals surface area contributed by atoms with Crippen LogP contribution in [-0.2, 0) is 5.54 Å². The summed E-state index contributed by atoms with van der Waals surface area (Å²) in [6, 6.07) is 10.3. The minimum Gasteiger partial charge on any atom is -0.360 e. The summed E-state index contributed by atoms with van der Waals surface area (Å²) in [6.07, 6.45) is 0. The molecule has 0 bridgehead atoms. The fraction of sp³-hybridized carbons (Fsp3) is 0.300. The lowest BCUT2D eigenvalue weighted by Crippen LogP contribution is -2.36. The van der Waals surface area contributed by atoms with Crippen molar-refractivity contribution in [1.82, 2.24) is 10.6 Å². The number of rotatable bonds is 1. The molecule has 0 radical (unpaired) electrons. The second-order valence-corrected chi connectivity index (χ2v) is 3.91. The van der Waals surface area contributed by atoms with Crippen LogP contribution in [0.2, 0.25) is 0 Å². The molecule has 1 fully saturated rings. The predicted molar refractivity (Wildman–Crippen MR) is 57.5 cm³/mol. The third-order valence-corrected chi connectivity index (χ3v) is 2.65. The van der Waals surface area contributed by atoms with E-state index < -0.39 is 0 Å². The summed E-state index contributed by atoms with van der Waals surface area (Å²) in [5, 5.41) is 7.14. The van der Waals surface area contributed by atoms with Crippen molar-refractivity contribution in [1.29, 1.82) is 0 Å². The molecule has 1 heterocycles. The van der Waals surface area contributed by atoms with Gasteiger partial charge in [-0.2, -0.15) is 0 Å². The molecule has 0 amide bonds. The highest BCUT2D eigenvalue weighted by Crippen LogP contribution is 2.22. The van der Waals surface area contributed by atoms with E-state index in [4.69, 9.17) is 12.2 Å². The Morgan fingerprint density at radius 3 is 2.54 bits per heavy atom. The molecule has 3 heteroatoms. The van der Waals surface area contributed by atoms with Crippen molar-refractivity contribution in [2.24, 2.45) is 0 Å². The molecule has 68 valence electrons. The Hall–Kier alpha value is -1.09. The molecule has 2 rings (SSSR count). The van der Waals surface area contributed by atoms with Crippen LogP contribution in [0.4, 0.5) is 0 Å². The lowest BCUT2D eigenvalue weighted by atomic mass is 9.93. The molecule has 1 atom stereocenters. The summed E-state index contributed by atoms with van der Waals surface area (Å²) in [5.74, 6) is 0. The van der Waals surface area contributed by atoms with Gasteiger partial charge in [-0.15, -0.1) is 0 Å². The molecular formula is C10H12N2S. The molecule has 2 nitrogen and oxygen atoms in total. The smallest absolute Gasteiger partial charge is 0.167 e. The van der Waals surface area contributed by atoms with Crippen molar-refractivity contribution in [3.8, 4) is 0 Å². The molecule has 0 aromatic heterocycles. The highest BCUT2D eigenvalue weighted by molar-refractivity contribution is 7.80. The number of hydrogen-bond acceptors (Lipinski definition) is 1. The zero-order valence-electron chi connectivity index (χ0n) is 7.50. The topological polar surface area (TPSA) is 24.1 Å². The van der Waals surface area contributed by atoms with Crippen LogP contribution in [0.1, 0.15) is 12.5 Å². The Kier molecular flexibility index (Phi) is 1.96. The van der Waals surface area contributed by atoms with Crippen LogP contribution in [0.25, 0.3) is 0 Å². The van der Waals surface area contributed by atoms with Gasteiger partial charge in [-0.05, 0) is 24.7 Å². The molecule has 1 aliphatic heterocycles. The average Bonchev–Trinajstić information content (AvgIpc) is 2.49. The molecule has 1 aliphatic rings. The first-order valence-corrected chi connectivity index (χ1v) is 4.73. The average molecular weight is 192 g/mol. The molecule has 1 unspecified atom stereocenters. The van der Waals surface area contributed by atoms with Crippen LogP contribution in [0.15, 0.2) is 30.3 Å². The molecule has 13 heavy (non-hydrogen) atoms. The van der Waals surface area contributed by atoms with Gasteiger partial charge >= 0.3 is 0 Å². The van der Waals surface area contributed by atoms with E-state index >= 15 is 0 Å². The van der Waals surface area contributed by atoms with E-state index in [-0.39, 0.29) is 5.54 Å². The van der Waals surface area contributed by atoms with E-state index in [0.717, 1.165) is 11.7 Å². The van der Waals surface area contributed by atoms with E-state index in [1.807, 2.05) is 18.2 Å². The van der Waals surface area contributed by atoms with Gasteiger partial charge in [-0.25, -0.2) is 0 Å². The van der Waals surface area contributed by atoms with Gasteiger partial charge in [0.1, 0.15) is 0 Å². The van der Waals surface area contributed by atoms with E-state index in [0.29, 0.717) is 0 Å². The molecular weight excluding hydrogens is 180 g/mol. The second-order valence-electron chi connectivity index (χ2n) is 3.51. The van der Waals surface area contributed by atoms with Crippen LogP contribution in [-0.4, -0.2) is 11.7 Å². The van der Waals surface area contributed by atoms with Crippen LogP contribution >= 0.6 is 12.2 Å². The SMILES string of the molecule is CC1(c2ccccc2)CNC(=S)N1. The Morgan fingerprint density at radius 2 is 2.00 bits per heavy atom. The molecule has 0 aliphatic carbocycles. The Morgan fingerprint density at radius 1 is 1.31 bits per heavy atom. The maximum absolute atomic E-state index is 5.05. The van der Waals surface area contributed by atoms with Gasteiger partial charge in [-0.3, -0.25) is 0 Å². The highest BCUT2D eigenvalue weighted by atomic mass is 32.1. The van der Waals surface area contributed by atoms with Crippen molar-refractivity contribution in [2.45, 2.75) is 12.5 Å². The first kappa shape index (κ1) is 8.51. The van der Waals surface area contributed by atoms with Gasteiger partial charge < -0.3 is 10.6 Å². The van der Waals surface area contributed by atoms with Gasteiger partial charge in [0.2, 0.25) is 0 Å². The van der Waals surface area contributed by atoms with Gasteiger partial charge in [0.05, 0.1) is 5.54 Å². The Bertz CT molecular complexity index is 323. The monoisotopic (exact) mass is 192 g/mol. The van der Waals surface area contributed by atoms with Crippen LogP contribution in [0.5, 0.6) is 0 Å². The van der Waals surface area contributed by atoms with Crippen molar-refractivity contribution < 1.29 is 0 Å². The predicted octanol–water partition coefficient (Wildman–Crippen LogP) is 1.38. The molecule has 1 saturated heterocycles. The first-order chi connectivity index (χ1) is 6.21. The maximum Gasteiger partial charge on any atom is 0.167 e. The van der Waals surface area contributed by atoms with Crippen molar-refractivity contribution in [3.63, 3.8) is 0 Å². The third-order valence-electron chi connectivity index (χ3n) is 2.40. The Labute approximate surface area is 83.3 Å². The minimum atomic E-state index is -0.0433. The lowest BCUT2D eigenvalue weighted by molar-refractivity contribution is 0.481. The zero-order chi connectivity index (χ0) is 9.31. The fourth-order valence-corrected chi connectivity index (χ4v) is 1.87. The molecule has 0 spiro atoms. The molecule has 2 N–H and O–H groups in total. The molecule has 1 aromatic carbocycles. The largest absolute Gasteiger partial charge is 0.360 e. The van der Waals surface area contributed by atoms with E-state index in [2.05, 4.69) is 29.7 Å². The van der Waals surface area contributed by atoms with Crippen LogP contribution < -0.4 is 10.6 Å². The minimum absolute atomic E-state index is 0.0433. The lowest BCUT2D eigenvalue weighted by Gasteiger charge is -2.23. The number of benzene rings is 1. The highest BCUT2D eigenvalue weighted by Gasteiger charge is 2.32. The fourth-order valence-electron chi connectivity index (χ4n) is 1.58. The van der Waals surface area contributed by atoms with Gasteiger partial charge in [0.15, 0.2) is 5.11 Å². The van der Waals surface area contributed by atoms with Crippen molar-refractivity contribution >= 4 is 17.3 Å². The number of nitrogens with one attached hydrogen (secondary N) is 2. The quantitative estimate of drug-likeness (QED) is 0.657. The van der Waals surface area contributed by atoms with Gasteiger partial charge in [0.25, 0.3) is 0 Å². The second kappa shape index (κ2) is 3.00. The van der Waals surface area contributed by atoms with Crippen molar-refractivity contribution in [3.05, 3.63) is 35.9 Å². The van der Waals surface area contributed by atoms with Gasteiger partial charge in [0, 0.05) is 6.54 Å². The first-order valence-electron chi connectivity index (χ1n) is 4.32. The summed E-state index contributed by atoms with van der Waals surface area (Å²) in [5.41, 5.74) is 1.22. The Balaban J connectivity index is 2.31. The molecule has 0 saturated carbocycles. The molecule has 1 aromatic rings. The van der Waals surface area contributed by atoms with Crippen LogP contribution in [0.3, 0.4) is 0 Å². The normalized spacial score (nSPS) is 26.7. The summed E-state index contributed by atoms with van der Waals surface area (Å²) in [7, 11) is 0. The third kappa shape index (κ3) is 1.52. The summed E-state index contributed by atoms with van der Waals surface area (Å²) >= 11 is 5.05. The standard InChI is InChI=1S/C10H12N2S/c1-10(7-11-9(13)12-10)8-5-3-2-4-6-8/h2-6H,7H2,1H3,(H2,11,12,13). The van der Waals surface area contributed by atoms with Gasteiger partial charge in [-0.1, -0.05) is 30.3 Å². The zero-order valence-corrected chi connectivity index (χ0v) is 8.32.